The summed E-state index contributed by atoms with van der Waals surface area (Å²) >= 11 is 1.32. The number of hydrogen-bond acceptors (Lipinski definition) is 4. The van der Waals surface area contributed by atoms with Crippen LogP contribution in [-0.4, -0.2) is 18.9 Å². The molecule has 0 aliphatic heterocycles. The first-order valence-corrected chi connectivity index (χ1v) is 8.04. The van der Waals surface area contributed by atoms with Crippen LogP contribution in [0.4, 0.5) is 4.39 Å². The highest BCUT2D eigenvalue weighted by atomic mass is 32.1. The SMILES string of the molecule is COC(=O)c1cc(C(C)(C)C)sc1C(=O)Cc1ccc(F)cc1. The molecule has 2 aromatic rings. The van der Waals surface area contributed by atoms with E-state index in [4.69, 9.17) is 4.74 Å². The second-order valence-electron chi connectivity index (χ2n) is 6.32. The minimum absolute atomic E-state index is 0.119. The van der Waals surface area contributed by atoms with Gasteiger partial charge in [0.25, 0.3) is 0 Å². The maximum Gasteiger partial charge on any atom is 0.339 e. The molecule has 0 spiro atoms. The smallest absolute Gasteiger partial charge is 0.339 e. The molecule has 0 amide bonds. The molecular weight excluding hydrogens is 315 g/mol. The molecule has 5 heteroatoms. The number of ketones is 1. The lowest BCUT2D eigenvalue weighted by atomic mass is 9.94. The van der Waals surface area contributed by atoms with Gasteiger partial charge in [-0.2, -0.15) is 0 Å². The summed E-state index contributed by atoms with van der Waals surface area (Å²) in [5.41, 5.74) is 0.842. The summed E-state index contributed by atoms with van der Waals surface area (Å²) in [6.07, 6.45) is 0.119. The fraction of sp³-hybridized carbons (Fsp3) is 0.333. The van der Waals surface area contributed by atoms with Crippen LogP contribution < -0.4 is 0 Å². The maximum absolute atomic E-state index is 13.0. The summed E-state index contributed by atoms with van der Waals surface area (Å²) in [7, 11) is 1.30. The average Bonchev–Trinajstić information content (AvgIpc) is 2.94. The third-order valence-corrected chi connectivity index (χ3v) is 5.01. The van der Waals surface area contributed by atoms with Gasteiger partial charge in [-0.1, -0.05) is 32.9 Å². The zero-order valence-electron chi connectivity index (χ0n) is 13.6. The predicted molar refractivity (Wildman–Crippen MR) is 88.8 cm³/mol. The molecule has 1 aromatic heterocycles. The molecule has 0 N–H and O–H groups in total. The monoisotopic (exact) mass is 334 g/mol. The van der Waals surface area contributed by atoms with Crippen LogP contribution in [0.5, 0.6) is 0 Å². The molecular formula is C18H19FO3S. The normalized spacial score (nSPS) is 11.3. The number of hydrogen-bond donors (Lipinski definition) is 0. The number of thiophene rings is 1. The molecule has 0 saturated carbocycles. The number of esters is 1. The Morgan fingerprint density at radius 3 is 2.30 bits per heavy atom. The van der Waals surface area contributed by atoms with E-state index < -0.39 is 5.97 Å². The molecule has 0 unspecified atom stereocenters. The van der Waals surface area contributed by atoms with E-state index in [1.165, 1.54) is 30.6 Å². The third kappa shape index (κ3) is 4.05. The zero-order valence-corrected chi connectivity index (χ0v) is 14.4. The lowest BCUT2D eigenvalue weighted by Gasteiger charge is -2.15. The minimum Gasteiger partial charge on any atom is -0.465 e. The number of carbonyl (C=O) groups is 2. The van der Waals surface area contributed by atoms with Crippen molar-refractivity contribution in [2.45, 2.75) is 32.6 Å². The maximum atomic E-state index is 13.0. The minimum atomic E-state index is -0.515. The largest absolute Gasteiger partial charge is 0.465 e. The van der Waals surface area contributed by atoms with E-state index in [2.05, 4.69) is 0 Å². The van der Waals surface area contributed by atoms with Crippen molar-refractivity contribution >= 4 is 23.1 Å². The number of carbonyl (C=O) groups excluding carboxylic acids is 2. The molecule has 0 aliphatic rings. The molecule has 1 heterocycles. The van der Waals surface area contributed by atoms with Gasteiger partial charge in [0.1, 0.15) is 5.82 Å². The summed E-state index contributed by atoms with van der Waals surface area (Å²) < 4.78 is 17.7. The Kier molecular flexibility index (Phi) is 5.00. The van der Waals surface area contributed by atoms with Gasteiger partial charge in [-0.3, -0.25) is 4.79 Å². The van der Waals surface area contributed by atoms with E-state index in [1.807, 2.05) is 20.8 Å². The zero-order chi connectivity index (χ0) is 17.2. The van der Waals surface area contributed by atoms with E-state index >= 15 is 0 Å². The molecule has 0 aliphatic carbocycles. The van der Waals surface area contributed by atoms with Gasteiger partial charge >= 0.3 is 5.97 Å². The van der Waals surface area contributed by atoms with E-state index in [1.54, 1.807) is 18.2 Å². The summed E-state index contributed by atoms with van der Waals surface area (Å²) in [6, 6.07) is 7.51. The quantitative estimate of drug-likeness (QED) is 0.615. The first-order valence-electron chi connectivity index (χ1n) is 7.22. The number of Topliss-reactive ketones (excluding diaryl/α,β-unsaturated/α-hetero) is 1. The van der Waals surface area contributed by atoms with E-state index in [0.29, 0.717) is 16.0 Å². The Bertz CT molecular complexity index is 724. The number of benzene rings is 1. The van der Waals surface area contributed by atoms with Crippen LogP contribution in [0.3, 0.4) is 0 Å². The lowest BCUT2D eigenvalue weighted by molar-refractivity contribution is 0.0598. The third-order valence-electron chi connectivity index (χ3n) is 3.41. The molecule has 23 heavy (non-hydrogen) atoms. The lowest BCUT2D eigenvalue weighted by Crippen LogP contribution is -2.09. The second-order valence-corrected chi connectivity index (χ2v) is 7.37. The van der Waals surface area contributed by atoms with Crippen molar-refractivity contribution in [2.75, 3.05) is 7.11 Å². The van der Waals surface area contributed by atoms with Crippen molar-refractivity contribution in [1.29, 1.82) is 0 Å². The number of methoxy groups -OCH3 is 1. The summed E-state index contributed by atoms with van der Waals surface area (Å²) in [4.78, 5) is 25.9. The Hall–Kier alpha value is -2.01. The van der Waals surface area contributed by atoms with Crippen LogP contribution in [0.15, 0.2) is 30.3 Å². The van der Waals surface area contributed by atoms with Crippen LogP contribution in [-0.2, 0) is 16.6 Å². The van der Waals surface area contributed by atoms with Crippen molar-refractivity contribution in [2.24, 2.45) is 0 Å². The van der Waals surface area contributed by atoms with Gasteiger partial charge in [-0.25, -0.2) is 9.18 Å². The van der Waals surface area contributed by atoms with Crippen LogP contribution in [0.2, 0.25) is 0 Å². The molecule has 0 bridgehead atoms. The van der Waals surface area contributed by atoms with Gasteiger partial charge in [0, 0.05) is 11.3 Å². The molecule has 0 radical (unpaired) electrons. The first kappa shape index (κ1) is 17.3. The van der Waals surface area contributed by atoms with Crippen molar-refractivity contribution < 1.29 is 18.7 Å². The Morgan fingerprint density at radius 2 is 1.78 bits per heavy atom. The highest BCUT2D eigenvalue weighted by molar-refractivity contribution is 7.14. The Labute approximate surface area is 139 Å². The van der Waals surface area contributed by atoms with Crippen molar-refractivity contribution in [3.05, 3.63) is 57.0 Å². The fourth-order valence-electron chi connectivity index (χ4n) is 2.10. The van der Waals surface area contributed by atoms with E-state index in [0.717, 1.165) is 4.88 Å². The average molecular weight is 334 g/mol. The van der Waals surface area contributed by atoms with Crippen LogP contribution in [0, 0.1) is 5.82 Å². The van der Waals surface area contributed by atoms with Crippen LogP contribution in [0.25, 0.3) is 0 Å². The first-order chi connectivity index (χ1) is 10.7. The Morgan fingerprint density at radius 1 is 1.17 bits per heavy atom. The standard InChI is InChI=1S/C18H19FO3S/c1-18(2,3)15-10-13(17(21)22-4)16(23-15)14(20)9-11-5-7-12(19)8-6-11/h5-8,10H,9H2,1-4H3. The number of rotatable bonds is 4. The molecule has 0 fully saturated rings. The van der Waals surface area contributed by atoms with Crippen molar-refractivity contribution in [1.82, 2.24) is 0 Å². The molecule has 122 valence electrons. The molecule has 0 saturated heterocycles. The molecule has 1 aromatic carbocycles. The van der Waals surface area contributed by atoms with E-state index in [9.17, 15) is 14.0 Å². The van der Waals surface area contributed by atoms with Gasteiger partial charge in [0.15, 0.2) is 5.78 Å². The van der Waals surface area contributed by atoms with Gasteiger partial charge in [0.05, 0.1) is 17.6 Å². The Balaban J connectivity index is 2.36. The molecule has 2 rings (SSSR count). The van der Waals surface area contributed by atoms with Crippen LogP contribution >= 0.6 is 11.3 Å². The van der Waals surface area contributed by atoms with Crippen LogP contribution in [0.1, 0.15) is 51.2 Å². The van der Waals surface area contributed by atoms with Gasteiger partial charge < -0.3 is 4.74 Å². The fourth-order valence-corrected chi connectivity index (χ4v) is 3.24. The molecule has 0 atom stereocenters. The molecule has 3 nitrogen and oxygen atoms in total. The number of ether oxygens (including phenoxy) is 1. The summed E-state index contributed by atoms with van der Waals surface area (Å²) in [5.74, 6) is -1.03. The van der Waals surface area contributed by atoms with Crippen molar-refractivity contribution in [3.8, 4) is 0 Å². The second kappa shape index (κ2) is 6.62. The van der Waals surface area contributed by atoms with Gasteiger partial charge in [0.2, 0.25) is 0 Å². The summed E-state index contributed by atoms with van der Waals surface area (Å²) in [6.45, 7) is 6.07. The topological polar surface area (TPSA) is 43.4 Å². The summed E-state index contributed by atoms with van der Waals surface area (Å²) in [5, 5.41) is 0. The van der Waals surface area contributed by atoms with Gasteiger partial charge in [-0.15, -0.1) is 11.3 Å². The van der Waals surface area contributed by atoms with E-state index in [-0.39, 0.29) is 23.4 Å². The predicted octanol–water partition coefficient (Wildman–Crippen LogP) is 4.40. The van der Waals surface area contributed by atoms with Gasteiger partial charge in [-0.05, 0) is 29.2 Å². The van der Waals surface area contributed by atoms with Crippen molar-refractivity contribution in [3.63, 3.8) is 0 Å². The number of halogens is 1. The highest BCUT2D eigenvalue weighted by Crippen LogP contribution is 2.33. The highest BCUT2D eigenvalue weighted by Gasteiger charge is 2.26.